The van der Waals surface area contributed by atoms with Crippen LogP contribution in [0.2, 0.25) is 0 Å². The Morgan fingerprint density at radius 2 is 1.86 bits per heavy atom. The van der Waals surface area contributed by atoms with Gasteiger partial charge in [-0.05, 0) is 42.0 Å². The molecule has 0 radical (unpaired) electrons. The van der Waals surface area contributed by atoms with E-state index in [1.165, 1.54) is 17.8 Å². The van der Waals surface area contributed by atoms with Gasteiger partial charge < -0.3 is 15.2 Å². The number of fused-ring (bicyclic) bond motifs is 1. The first-order valence-corrected chi connectivity index (χ1v) is 12.8. The first-order chi connectivity index (χ1) is 17.2. The Balaban J connectivity index is 1.36. The van der Waals surface area contributed by atoms with Gasteiger partial charge in [-0.25, -0.2) is 0 Å². The van der Waals surface area contributed by atoms with E-state index in [0.717, 1.165) is 48.6 Å². The molecular weight excluding hydrogens is 458 g/mol. The maximum absolute atomic E-state index is 13.3. The van der Waals surface area contributed by atoms with Crippen LogP contribution >= 0.6 is 11.3 Å². The third-order valence-electron chi connectivity index (χ3n) is 6.15. The quantitative estimate of drug-likeness (QED) is 0.397. The zero-order valence-corrected chi connectivity index (χ0v) is 20.1. The number of anilines is 1. The topological polar surface area (TPSA) is 88.9 Å². The predicted molar refractivity (Wildman–Crippen MR) is 137 cm³/mol. The number of carbonyl (C=O) groups excluding carboxylic acids is 2. The molecule has 0 spiro atoms. The van der Waals surface area contributed by atoms with Crippen molar-refractivity contribution in [3.63, 3.8) is 0 Å². The maximum Gasteiger partial charge on any atom is 0.262 e. The molecular formula is C27H27N5O2S. The second-order valence-corrected chi connectivity index (χ2v) is 9.61. The van der Waals surface area contributed by atoms with E-state index in [1.807, 2.05) is 66.0 Å². The van der Waals surface area contributed by atoms with Crippen molar-refractivity contribution in [2.45, 2.75) is 44.7 Å². The van der Waals surface area contributed by atoms with Crippen LogP contribution in [0.1, 0.15) is 40.3 Å². The molecule has 2 aromatic carbocycles. The molecule has 1 atom stereocenters. The molecule has 1 aliphatic rings. The van der Waals surface area contributed by atoms with Crippen LogP contribution in [0.5, 0.6) is 0 Å². The van der Waals surface area contributed by atoms with Crippen LogP contribution in [0, 0.1) is 0 Å². The van der Waals surface area contributed by atoms with E-state index in [9.17, 15) is 9.59 Å². The van der Waals surface area contributed by atoms with Gasteiger partial charge in [0.2, 0.25) is 5.91 Å². The summed E-state index contributed by atoms with van der Waals surface area (Å²) < 4.78 is 2.19. The number of amides is 2. The van der Waals surface area contributed by atoms with Gasteiger partial charge in [-0.3, -0.25) is 9.59 Å². The van der Waals surface area contributed by atoms with Crippen molar-refractivity contribution in [2.75, 3.05) is 5.32 Å². The molecule has 2 aromatic heterocycles. The summed E-state index contributed by atoms with van der Waals surface area (Å²) in [4.78, 5) is 26.7. The van der Waals surface area contributed by atoms with E-state index in [1.54, 1.807) is 6.07 Å². The molecule has 0 unspecified atom stereocenters. The van der Waals surface area contributed by atoms with Crippen molar-refractivity contribution in [2.24, 2.45) is 0 Å². The summed E-state index contributed by atoms with van der Waals surface area (Å²) >= 11 is 1.35. The average molecular weight is 486 g/mol. The maximum atomic E-state index is 13.3. The third kappa shape index (κ3) is 5.49. The Hall–Kier alpha value is -3.78. The van der Waals surface area contributed by atoms with E-state index in [0.29, 0.717) is 17.0 Å². The van der Waals surface area contributed by atoms with Gasteiger partial charge in [-0.1, -0.05) is 55.0 Å². The standard InChI is InChI=1S/C27H27N5O2S/c33-26(22(17-19-9-3-1-4-10-19)29-27(34)23-13-8-16-35-23)28-21-12-7-11-20(18-21)25-31-30-24-14-5-2-6-15-32(24)25/h1,3-4,7-13,16,18,22H,2,5-6,14-15,17H2,(H,28,33)(H,29,34)/t22-/m1/s1. The first-order valence-electron chi connectivity index (χ1n) is 11.9. The summed E-state index contributed by atoms with van der Waals surface area (Å²) in [5.74, 6) is 1.32. The average Bonchev–Trinajstić information content (AvgIpc) is 3.50. The van der Waals surface area contributed by atoms with Gasteiger partial charge >= 0.3 is 0 Å². The Morgan fingerprint density at radius 3 is 2.69 bits per heavy atom. The zero-order valence-electron chi connectivity index (χ0n) is 19.3. The number of aryl methyl sites for hydroxylation is 1. The Kier molecular flexibility index (Phi) is 6.99. The predicted octanol–water partition coefficient (Wildman–Crippen LogP) is 4.71. The van der Waals surface area contributed by atoms with Crippen LogP contribution in [0.15, 0.2) is 72.1 Å². The Labute approximate surface area is 208 Å². The number of hydrogen-bond donors (Lipinski definition) is 2. The van der Waals surface area contributed by atoms with Crippen molar-refractivity contribution in [3.8, 4) is 11.4 Å². The highest BCUT2D eigenvalue weighted by Crippen LogP contribution is 2.25. The summed E-state index contributed by atoms with van der Waals surface area (Å²) in [7, 11) is 0. The highest BCUT2D eigenvalue weighted by atomic mass is 32.1. The summed E-state index contributed by atoms with van der Waals surface area (Å²) in [6.45, 7) is 0.905. The largest absolute Gasteiger partial charge is 0.339 e. The molecule has 35 heavy (non-hydrogen) atoms. The van der Waals surface area contributed by atoms with Gasteiger partial charge in [0.25, 0.3) is 5.91 Å². The molecule has 8 heteroatoms. The number of nitrogens with zero attached hydrogens (tertiary/aromatic N) is 3. The molecule has 0 bridgehead atoms. The van der Waals surface area contributed by atoms with Crippen molar-refractivity contribution in [1.82, 2.24) is 20.1 Å². The van der Waals surface area contributed by atoms with E-state index in [-0.39, 0.29) is 11.8 Å². The smallest absolute Gasteiger partial charge is 0.262 e. The monoisotopic (exact) mass is 485 g/mol. The van der Waals surface area contributed by atoms with Crippen LogP contribution in [-0.4, -0.2) is 32.6 Å². The molecule has 5 rings (SSSR count). The number of nitrogens with one attached hydrogen (secondary N) is 2. The minimum atomic E-state index is -0.722. The van der Waals surface area contributed by atoms with Crippen LogP contribution in [-0.2, 0) is 24.2 Å². The van der Waals surface area contributed by atoms with Gasteiger partial charge in [-0.15, -0.1) is 21.5 Å². The fraction of sp³-hybridized carbons (Fsp3) is 0.259. The number of aromatic nitrogens is 3. The SMILES string of the molecule is O=C(N[C@H](Cc1ccccc1)C(=O)Nc1cccc(-c2nnc3n2CCCCC3)c1)c1cccs1. The minimum Gasteiger partial charge on any atom is -0.339 e. The fourth-order valence-electron chi connectivity index (χ4n) is 4.36. The minimum absolute atomic E-state index is 0.254. The van der Waals surface area contributed by atoms with Gasteiger partial charge in [0.1, 0.15) is 11.9 Å². The molecule has 4 aromatic rings. The van der Waals surface area contributed by atoms with E-state index >= 15 is 0 Å². The summed E-state index contributed by atoms with van der Waals surface area (Å²) in [6.07, 6.45) is 4.77. The molecule has 0 saturated heterocycles. The molecule has 7 nitrogen and oxygen atoms in total. The van der Waals surface area contributed by atoms with E-state index in [2.05, 4.69) is 25.4 Å². The molecule has 1 aliphatic heterocycles. The van der Waals surface area contributed by atoms with Crippen LogP contribution in [0.25, 0.3) is 11.4 Å². The van der Waals surface area contributed by atoms with Crippen molar-refractivity contribution < 1.29 is 9.59 Å². The van der Waals surface area contributed by atoms with Gasteiger partial charge in [0.15, 0.2) is 5.82 Å². The lowest BCUT2D eigenvalue weighted by Crippen LogP contribution is -2.45. The van der Waals surface area contributed by atoms with Gasteiger partial charge in [0.05, 0.1) is 4.88 Å². The normalized spacial score (nSPS) is 13.9. The molecule has 178 valence electrons. The Bertz CT molecular complexity index is 1300. The molecule has 3 heterocycles. The summed E-state index contributed by atoms with van der Waals surface area (Å²) in [6, 6.07) is 20.2. The van der Waals surface area contributed by atoms with Crippen molar-refractivity contribution in [3.05, 3.63) is 88.4 Å². The van der Waals surface area contributed by atoms with E-state index in [4.69, 9.17) is 0 Å². The number of rotatable bonds is 7. The highest BCUT2D eigenvalue weighted by molar-refractivity contribution is 7.12. The summed E-state index contributed by atoms with van der Waals surface area (Å²) in [5, 5.41) is 16.6. The fourth-order valence-corrected chi connectivity index (χ4v) is 4.99. The second-order valence-electron chi connectivity index (χ2n) is 8.67. The number of hydrogen-bond acceptors (Lipinski definition) is 5. The molecule has 0 aliphatic carbocycles. The number of benzene rings is 2. The van der Waals surface area contributed by atoms with Gasteiger partial charge in [0, 0.05) is 30.6 Å². The van der Waals surface area contributed by atoms with Crippen LogP contribution in [0.3, 0.4) is 0 Å². The van der Waals surface area contributed by atoms with Crippen LogP contribution in [0.4, 0.5) is 5.69 Å². The number of thiophene rings is 1. The van der Waals surface area contributed by atoms with Crippen molar-refractivity contribution >= 4 is 28.8 Å². The lowest BCUT2D eigenvalue weighted by molar-refractivity contribution is -0.118. The van der Waals surface area contributed by atoms with Crippen LogP contribution < -0.4 is 10.6 Å². The second kappa shape index (κ2) is 10.7. The highest BCUT2D eigenvalue weighted by Gasteiger charge is 2.23. The van der Waals surface area contributed by atoms with E-state index < -0.39 is 6.04 Å². The Morgan fingerprint density at radius 1 is 0.971 bits per heavy atom. The first kappa shape index (κ1) is 23.0. The number of carbonyl (C=O) groups is 2. The zero-order chi connectivity index (χ0) is 24.0. The molecule has 0 saturated carbocycles. The van der Waals surface area contributed by atoms with Gasteiger partial charge in [-0.2, -0.15) is 0 Å². The lowest BCUT2D eigenvalue weighted by atomic mass is 10.0. The lowest BCUT2D eigenvalue weighted by Gasteiger charge is -2.19. The summed E-state index contributed by atoms with van der Waals surface area (Å²) in [5.41, 5.74) is 2.53. The van der Waals surface area contributed by atoms with Crippen molar-refractivity contribution in [1.29, 1.82) is 0 Å². The molecule has 2 amide bonds. The molecule has 0 fully saturated rings. The molecule has 2 N–H and O–H groups in total. The third-order valence-corrected chi connectivity index (χ3v) is 7.02.